The second kappa shape index (κ2) is 6.06. The highest BCUT2D eigenvalue weighted by molar-refractivity contribution is 8.01. The molecule has 0 saturated carbocycles. The lowest BCUT2D eigenvalue weighted by Crippen LogP contribution is -1.89. The molecule has 18 heavy (non-hydrogen) atoms. The summed E-state index contributed by atoms with van der Waals surface area (Å²) >= 11 is 3.29. The Bertz CT molecular complexity index is 496. The topological polar surface area (TPSA) is 47.0 Å². The van der Waals surface area contributed by atoms with Gasteiger partial charge >= 0.3 is 0 Å². The number of nitrogens with zero attached hydrogens (tertiary/aromatic N) is 2. The molecule has 0 amide bonds. The Hall–Kier alpha value is -1.27. The highest BCUT2D eigenvalue weighted by atomic mass is 32.2. The van der Waals surface area contributed by atoms with Crippen molar-refractivity contribution in [3.05, 3.63) is 24.3 Å². The molecule has 6 heteroatoms. The number of methoxy groups -OCH3 is 1. The van der Waals surface area contributed by atoms with Gasteiger partial charge in [0, 0.05) is 10.9 Å². The summed E-state index contributed by atoms with van der Waals surface area (Å²) in [6.07, 6.45) is 0. The summed E-state index contributed by atoms with van der Waals surface area (Å²) < 4.78 is 6.10. The lowest BCUT2D eigenvalue weighted by Gasteiger charge is -2.03. The molecular formula is C12H15N3OS2. The summed E-state index contributed by atoms with van der Waals surface area (Å²) in [5.41, 5.74) is 0.980. The first-order valence-corrected chi connectivity index (χ1v) is 7.28. The summed E-state index contributed by atoms with van der Waals surface area (Å²) in [7, 11) is 1.66. The summed E-state index contributed by atoms with van der Waals surface area (Å²) in [5.74, 6) is 0.842. The van der Waals surface area contributed by atoms with Gasteiger partial charge in [-0.15, -0.1) is 10.2 Å². The molecule has 0 aliphatic carbocycles. The zero-order valence-electron chi connectivity index (χ0n) is 10.5. The van der Waals surface area contributed by atoms with Gasteiger partial charge in [0.25, 0.3) is 0 Å². The molecule has 0 saturated heterocycles. The molecule has 0 fully saturated rings. The molecule has 0 atom stereocenters. The smallest absolute Gasteiger partial charge is 0.210 e. The second-order valence-corrected chi connectivity index (χ2v) is 6.69. The van der Waals surface area contributed by atoms with Crippen LogP contribution in [0.2, 0.25) is 0 Å². The van der Waals surface area contributed by atoms with E-state index in [1.165, 1.54) is 0 Å². The van der Waals surface area contributed by atoms with Crippen LogP contribution in [0.4, 0.5) is 10.8 Å². The Labute approximate surface area is 115 Å². The molecule has 0 radical (unpaired) electrons. The molecule has 1 aromatic heterocycles. The fraction of sp³-hybridized carbons (Fsp3) is 0.333. The SMILES string of the molecule is COc1ccc(Nc2nnc(SC(C)C)s2)cc1. The van der Waals surface area contributed by atoms with Gasteiger partial charge in [0.1, 0.15) is 5.75 Å². The zero-order chi connectivity index (χ0) is 13.0. The predicted molar refractivity (Wildman–Crippen MR) is 77.2 cm³/mol. The number of thioether (sulfide) groups is 1. The minimum Gasteiger partial charge on any atom is -0.497 e. The lowest BCUT2D eigenvalue weighted by molar-refractivity contribution is 0.415. The second-order valence-electron chi connectivity index (χ2n) is 3.89. The zero-order valence-corrected chi connectivity index (χ0v) is 12.1. The minimum absolute atomic E-state index is 0.520. The maximum Gasteiger partial charge on any atom is 0.210 e. The fourth-order valence-corrected chi connectivity index (χ4v) is 3.30. The first-order chi connectivity index (χ1) is 8.67. The van der Waals surface area contributed by atoms with Crippen molar-refractivity contribution in [2.24, 2.45) is 0 Å². The van der Waals surface area contributed by atoms with Gasteiger partial charge in [-0.05, 0) is 24.3 Å². The highest BCUT2D eigenvalue weighted by Crippen LogP contribution is 2.30. The molecule has 0 aliphatic heterocycles. The number of aromatic nitrogens is 2. The molecule has 2 rings (SSSR count). The van der Waals surface area contributed by atoms with Crippen molar-refractivity contribution in [2.45, 2.75) is 23.4 Å². The van der Waals surface area contributed by atoms with E-state index in [9.17, 15) is 0 Å². The number of hydrogen-bond acceptors (Lipinski definition) is 6. The van der Waals surface area contributed by atoms with Gasteiger partial charge in [0.05, 0.1) is 7.11 Å². The van der Waals surface area contributed by atoms with E-state index in [1.54, 1.807) is 30.2 Å². The van der Waals surface area contributed by atoms with Crippen LogP contribution in [0.25, 0.3) is 0 Å². The molecule has 0 bridgehead atoms. The molecule has 1 heterocycles. The number of nitrogens with one attached hydrogen (secondary N) is 1. The molecule has 1 N–H and O–H groups in total. The van der Waals surface area contributed by atoms with Gasteiger partial charge in [-0.1, -0.05) is 36.9 Å². The molecule has 0 aliphatic rings. The maximum atomic E-state index is 5.11. The minimum atomic E-state index is 0.520. The van der Waals surface area contributed by atoms with Crippen molar-refractivity contribution in [3.63, 3.8) is 0 Å². The first-order valence-electron chi connectivity index (χ1n) is 5.58. The van der Waals surface area contributed by atoms with Crippen LogP contribution < -0.4 is 10.1 Å². The Morgan fingerprint density at radius 3 is 2.56 bits per heavy atom. The average molecular weight is 281 g/mol. The molecule has 0 spiro atoms. The highest BCUT2D eigenvalue weighted by Gasteiger charge is 2.06. The van der Waals surface area contributed by atoms with E-state index in [1.807, 2.05) is 24.3 Å². The fourth-order valence-electron chi connectivity index (χ4n) is 1.31. The third kappa shape index (κ3) is 3.61. The predicted octanol–water partition coefficient (Wildman–Crippen LogP) is 3.79. The van der Waals surface area contributed by atoms with Crippen LogP contribution in [-0.2, 0) is 0 Å². The summed E-state index contributed by atoms with van der Waals surface area (Å²) in [5, 5.41) is 12.8. The Morgan fingerprint density at radius 1 is 1.22 bits per heavy atom. The third-order valence-electron chi connectivity index (χ3n) is 2.08. The van der Waals surface area contributed by atoms with Crippen molar-refractivity contribution in [1.82, 2.24) is 10.2 Å². The Balaban J connectivity index is 2.01. The number of rotatable bonds is 5. The largest absolute Gasteiger partial charge is 0.497 e. The van der Waals surface area contributed by atoms with Crippen LogP contribution in [0.15, 0.2) is 28.6 Å². The van der Waals surface area contributed by atoms with Gasteiger partial charge < -0.3 is 10.1 Å². The van der Waals surface area contributed by atoms with Crippen LogP contribution in [0, 0.1) is 0 Å². The van der Waals surface area contributed by atoms with E-state index in [2.05, 4.69) is 29.4 Å². The Morgan fingerprint density at radius 2 is 1.94 bits per heavy atom. The van der Waals surface area contributed by atoms with Crippen LogP contribution >= 0.6 is 23.1 Å². The number of anilines is 2. The van der Waals surface area contributed by atoms with Crippen molar-refractivity contribution in [2.75, 3.05) is 12.4 Å². The van der Waals surface area contributed by atoms with Crippen LogP contribution in [-0.4, -0.2) is 22.6 Å². The first kappa shape index (κ1) is 13.2. The summed E-state index contributed by atoms with van der Waals surface area (Å²) in [4.78, 5) is 0. The molecular weight excluding hydrogens is 266 g/mol. The Kier molecular flexibility index (Phi) is 4.43. The normalized spacial score (nSPS) is 10.7. The molecule has 4 nitrogen and oxygen atoms in total. The molecule has 0 unspecified atom stereocenters. The van der Waals surface area contributed by atoms with E-state index in [-0.39, 0.29) is 0 Å². The van der Waals surface area contributed by atoms with Crippen molar-refractivity contribution in [1.29, 1.82) is 0 Å². The van der Waals surface area contributed by atoms with E-state index >= 15 is 0 Å². The number of benzene rings is 1. The molecule has 96 valence electrons. The molecule has 2 aromatic rings. The van der Waals surface area contributed by atoms with E-state index < -0.39 is 0 Å². The van der Waals surface area contributed by atoms with Crippen LogP contribution in [0.1, 0.15) is 13.8 Å². The number of ether oxygens (including phenoxy) is 1. The van der Waals surface area contributed by atoms with Gasteiger partial charge in [0.2, 0.25) is 5.13 Å². The van der Waals surface area contributed by atoms with Gasteiger partial charge in [-0.3, -0.25) is 0 Å². The lowest BCUT2D eigenvalue weighted by atomic mass is 10.3. The summed E-state index contributed by atoms with van der Waals surface area (Å²) in [6.45, 7) is 4.28. The maximum absolute atomic E-state index is 5.11. The van der Waals surface area contributed by atoms with E-state index in [4.69, 9.17) is 4.74 Å². The van der Waals surface area contributed by atoms with Crippen molar-refractivity contribution < 1.29 is 4.74 Å². The van der Waals surface area contributed by atoms with Crippen molar-refractivity contribution in [3.8, 4) is 5.75 Å². The molecule has 1 aromatic carbocycles. The standard InChI is InChI=1S/C12H15N3OS2/c1-8(2)17-12-15-14-11(18-12)13-9-4-6-10(16-3)7-5-9/h4-8H,1-3H3,(H,13,14). The van der Waals surface area contributed by atoms with Gasteiger partial charge in [-0.25, -0.2) is 0 Å². The van der Waals surface area contributed by atoms with Gasteiger partial charge in [0.15, 0.2) is 4.34 Å². The van der Waals surface area contributed by atoms with E-state index in [0.717, 1.165) is 20.9 Å². The monoisotopic (exact) mass is 281 g/mol. The van der Waals surface area contributed by atoms with Crippen LogP contribution in [0.3, 0.4) is 0 Å². The van der Waals surface area contributed by atoms with Gasteiger partial charge in [-0.2, -0.15) is 0 Å². The van der Waals surface area contributed by atoms with E-state index in [0.29, 0.717) is 5.25 Å². The third-order valence-corrected chi connectivity index (χ3v) is 4.01. The number of hydrogen-bond donors (Lipinski definition) is 1. The quantitative estimate of drug-likeness (QED) is 0.845. The summed E-state index contributed by atoms with van der Waals surface area (Å²) in [6, 6.07) is 7.73. The van der Waals surface area contributed by atoms with Crippen molar-refractivity contribution >= 4 is 33.9 Å². The van der Waals surface area contributed by atoms with Crippen LogP contribution in [0.5, 0.6) is 5.75 Å². The average Bonchev–Trinajstić information content (AvgIpc) is 2.76.